The summed E-state index contributed by atoms with van der Waals surface area (Å²) in [6.45, 7) is 0.824. The molecule has 0 bridgehead atoms. The largest absolute Gasteiger partial charge is 0.412 e. The number of hydrogen-bond donors (Lipinski definition) is 2. The van der Waals surface area contributed by atoms with Crippen molar-refractivity contribution in [2.24, 2.45) is 5.73 Å². The highest BCUT2D eigenvalue weighted by atomic mass is 35.5. The van der Waals surface area contributed by atoms with Gasteiger partial charge in [0.15, 0.2) is 0 Å². The number of benzene rings is 2. The highest BCUT2D eigenvalue weighted by Crippen LogP contribution is 2.41. The number of carbonyl (C=O) groups excluding carboxylic acids is 1. The zero-order chi connectivity index (χ0) is 21.8. The summed E-state index contributed by atoms with van der Waals surface area (Å²) in [5.41, 5.74) is 6.51. The normalized spacial score (nSPS) is 20.0. The zero-order valence-electron chi connectivity index (χ0n) is 16.8. The zero-order valence-corrected chi connectivity index (χ0v) is 19.2. The number of urea groups is 1. The number of amides is 2. The Balaban J connectivity index is 0.00000289. The predicted molar refractivity (Wildman–Crippen MR) is 125 cm³/mol. The summed E-state index contributed by atoms with van der Waals surface area (Å²) in [5.74, 6) is -0.359. The molecule has 1 fully saturated rings. The second kappa shape index (κ2) is 10.6. The van der Waals surface area contributed by atoms with Crippen LogP contribution in [0.15, 0.2) is 66.1 Å². The fourth-order valence-corrected chi connectivity index (χ4v) is 4.76. The van der Waals surface area contributed by atoms with Gasteiger partial charge in [-0.25, -0.2) is 9.78 Å². The Hall–Kier alpha value is -2.27. The summed E-state index contributed by atoms with van der Waals surface area (Å²) in [6.07, 6.45) is 5.11. The first-order chi connectivity index (χ1) is 14.9. The maximum atomic E-state index is 10.9. The minimum Gasteiger partial charge on any atom is -0.412 e. The molecule has 32 heavy (non-hydrogen) atoms. The minimum absolute atomic E-state index is 0. The number of imidazole rings is 1. The third-order valence-electron chi connectivity index (χ3n) is 4.71. The Bertz CT molecular complexity index is 1050. The van der Waals surface area contributed by atoms with Crippen LogP contribution in [0.2, 0.25) is 10.0 Å². The summed E-state index contributed by atoms with van der Waals surface area (Å²) in [5, 5.41) is 3.58. The van der Waals surface area contributed by atoms with Crippen LogP contribution < -0.4 is 11.1 Å². The first-order valence-corrected chi connectivity index (χ1v) is 11.2. The van der Waals surface area contributed by atoms with Crippen molar-refractivity contribution >= 4 is 46.7 Å². The summed E-state index contributed by atoms with van der Waals surface area (Å²) in [7, 11) is 0. The van der Waals surface area contributed by atoms with Crippen molar-refractivity contribution in [2.45, 2.75) is 23.3 Å². The first-order valence-electron chi connectivity index (χ1n) is 9.46. The quantitative estimate of drug-likeness (QED) is 0.479. The highest BCUT2D eigenvalue weighted by molar-refractivity contribution is 7.99. The van der Waals surface area contributed by atoms with E-state index in [-0.39, 0.29) is 11.6 Å². The predicted octanol–water partition coefficient (Wildman–Crippen LogP) is 3.92. The third kappa shape index (κ3) is 5.74. The van der Waals surface area contributed by atoms with Gasteiger partial charge in [0.1, 0.15) is 0 Å². The van der Waals surface area contributed by atoms with Gasteiger partial charge in [0.05, 0.1) is 30.6 Å². The summed E-state index contributed by atoms with van der Waals surface area (Å²) in [4.78, 5) is 16.1. The molecule has 0 saturated carbocycles. The van der Waals surface area contributed by atoms with Crippen molar-refractivity contribution in [3.63, 3.8) is 0 Å². The number of anilines is 1. The molecule has 2 unspecified atom stereocenters. The average molecular weight is 497 g/mol. The number of nitrogens with two attached hydrogens (primary N) is 1. The molecule has 1 aliphatic heterocycles. The monoisotopic (exact) mass is 496 g/mol. The van der Waals surface area contributed by atoms with Crippen LogP contribution in [0.3, 0.4) is 0 Å². The number of halogens is 2. The lowest BCUT2D eigenvalue weighted by molar-refractivity contribution is -0.184. The second-order valence-corrected chi connectivity index (χ2v) is 8.92. The average Bonchev–Trinajstić information content (AvgIpc) is 3.38. The molecule has 1 aromatic heterocycles. The molecule has 170 valence electrons. The lowest BCUT2D eigenvalue weighted by atomic mass is 10.1. The molecule has 0 radical (unpaired) electrons. The molecule has 2 amide bonds. The van der Waals surface area contributed by atoms with E-state index in [9.17, 15) is 4.79 Å². The topological polar surface area (TPSA) is 123 Å². The van der Waals surface area contributed by atoms with E-state index in [0.29, 0.717) is 34.6 Å². The molecule has 1 saturated heterocycles. The fraction of sp³-hybridized carbons (Fsp3) is 0.238. The molecule has 4 rings (SSSR count). The fourth-order valence-electron chi connectivity index (χ4n) is 3.34. The number of aromatic nitrogens is 2. The summed E-state index contributed by atoms with van der Waals surface area (Å²) in [6, 6.07) is 12.1. The van der Waals surface area contributed by atoms with Crippen LogP contribution in [-0.4, -0.2) is 39.5 Å². The van der Waals surface area contributed by atoms with E-state index < -0.39 is 11.8 Å². The van der Waals surface area contributed by atoms with Crippen molar-refractivity contribution in [2.75, 3.05) is 17.7 Å². The number of carbonyl (C=O) groups is 1. The Morgan fingerprint density at radius 1 is 1.28 bits per heavy atom. The molecule has 11 heteroatoms. The van der Waals surface area contributed by atoms with Crippen molar-refractivity contribution in [3.8, 4) is 0 Å². The standard InChI is InChI=1S/C21H20Cl2N4O3S.H2O/c22-14-1-6-18(19(23)9-14)21(12-27-8-7-25-13-27)29-10-16(30-21)11-31-17-4-2-15(3-5-17)26-20(24)28;/h1-9,13,16H,10-12H2,(H3,24,26,28);1H2. The smallest absolute Gasteiger partial charge is 0.316 e. The van der Waals surface area contributed by atoms with E-state index in [4.69, 9.17) is 38.4 Å². The molecule has 2 aromatic carbocycles. The van der Waals surface area contributed by atoms with Crippen LogP contribution in [-0.2, 0) is 21.8 Å². The van der Waals surface area contributed by atoms with Gasteiger partial charge in [-0.15, -0.1) is 11.8 Å². The Kier molecular flexibility index (Phi) is 8.05. The van der Waals surface area contributed by atoms with Crippen LogP contribution in [0.5, 0.6) is 0 Å². The minimum atomic E-state index is -1.04. The lowest BCUT2D eigenvalue weighted by Gasteiger charge is -2.30. The Labute approximate surface area is 199 Å². The van der Waals surface area contributed by atoms with Crippen LogP contribution in [0.1, 0.15) is 5.56 Å². The van der Waals surface area contributed by atoms with Crippen molar-refractivity contribution in [1.82, 2.24) is 9.55 Å². The third-order valence-corrected chi connectivity index (χ3v) is 6.40. The molecular weight excluding hydrogens is 475 g/mol. The van der Waals surface area contributed by atoms with E-state index in [1.165, 1.54) is 0 Å². The van der Waals surface area contributed by atoms with Crippen molar-refractivity contribution in [3.05, 3.63) is 76.8 Å². The van der Waals surface area contributed by atoms with Gasteiger partial charge in [-0.2, -0.15) is 0 Å². The van der Waals surface area contributed by atoms with E-state index >= 15 is 0 Å². The molecule has 2 heterocycles. The van der Waals surface area contributed by atoms with Gasteiger partial charge in [-0.05, 0) is 36.4 Å². The van der Waals surface area contributed by atoms with E-state index in [0.717, 1.165) is 10.5 Å². The number of primary amides is 1. The summed E-state index contributed by atoms with van der Waals surface area (Å²) >= 11 is 14.2. The molecule has 3 aromatic rings. The maximum Gasteiger partial charge on any atom is 0.316 e. The number of hydrogen-bond acceptors (Lipinski definition) is 5. The lowest BCUT2D eigenvalue weighted by Crippen LogP contribution is -2.34. The van der Waals surface area contributed by atoms with Crippen LogP contribution in [0.25, 0.3) is 0 Å². The number of ether oxygens (including phenoxy) is 2. The Morgan fingerprint density at radius 3 is 2.72 bits per heavy atom. The molecular formula is C21H22Cl2N4O4S. The highest BCUT2D eigenvalue weighted by Gasteiger charge is 2.45. The first kappa shape index (κ1) is 24.4. The van der Waals surface area contributed by atoms with Crippen LogP contribution in [0.4, 0.5) is 10.5 Å². The molecule has 5 N–H and O–H groups in total. The number of nitrogens with one attached hydrogen (secondary N) is 1. The van der Waals surface area contributed by atoms with Crippen molar-refractivity contribution < 1.29 is 19.7 Å². The van der Waals surface area contributed by atoms with Gasteiger partial charge < -0.3 is 30.6 Å². The Morgan fingerprint density at radius 2 is 2.06 bits per heavy atom. The van der Waals surface area contributed by atoms with Gasteiger partial charge in [-0.1, -0.05) is 29.3 Å². The van der Waals surface area contributed by atoms with E-state index in [2.05, 4.69) is 10.3 Å². The summed E-state index contributed by atoms with van der Waals surface area (Å²) < 4.78 is 14.5. The molecule has 8 nitrogen and oxygen atoms in total. The van der Waals surface area contributed by atoms with Crippen LogP contribution >= 0.6 is 35.0 Å². The van der Waals surface area contributed by atoms with Crippen molar-refractivity contribution in [1.29, 1.82) is 0 Å². The second-order valence-electron chi connectivity index (χ2n) is 6.99. The van der Waals surface area contributed by atoms with E-state index in [1.807, 2.05) is 29.0 Å². The molecule has 1 aliphatic rings. The van der Waals surface area contributed by atoms with Gasteiger partial charge >= 0.3 is 6.03 Å². The van der Waals surface area contributed by atoms with E-state index in [1.54, 1.807) is 48.6 Å². The maximum absolute atomic E-state index is 10.9. The molecule has 0 spiro atoms. The number of nitrogens with zero attached hydrogens (tertiary/aromatic N) is 2. The molecule has 0 aliphatic carbocycles. The van der Waals surface area contributed by atoms with Gasteiger partial charge in [0.25, 0.3) is 0 Å². The molecule has 2 atom stereocenters. The number of rotatable bonds is 7. The van der Waals surface area contributed by atoms with Crippen LogP contribution in [0, 0.1) is 0 Å². The van der Waals surface area contributed by atoms with Gasteiger partial charge in [0, 0.05) is 39.3 Å². The van der Waals surface area contributed by atoms with Gasteiger partial charge in [0.2, 0.25) is 5.79 Å². The van der Waals surface area contributed by atoms with Gasteiger partial charge in [-0.3, -0.25) is 0 Å². The SMILES string of the molecule is NC(=O)Nc1ccc(SCC2COC(Cn3ccnc3)(c3ccc(Cl)cc3Cl)O2)cc1.O. The number of thioether (sulfide) groups is 1.